The number of hydrogen-bond donors (Lipinski definition) is 0. The van der Waals surface area contributed by atoms with Gasteiger partial charge in [0.2, 0.25) is 0 Å². The van der Waals surface area contributed by atoms with Gasteiger partial charge < -0.3 is 0 Å². The Morgan fingerprint density at radius 3 is 1.91 bits per heavy atom. The maximum atomic E-state index is 9.34. The first-order chi connectivity index (χ1) is 16.8. The van der Waals surface area contributed by atoms with Crippen LogP contribution in [0.15, 0.2) is 109 Å². The highest BCUT2D eigenvalue weighted by Crippen LogP contribution is 2.51. The van der Waals surface area contributed by atoms with E-state index in [4.69, 9.17) is 0 Å². The molecule has 1 aliphatic rings. The molecule has 0 N–H and O–H groups in total. The van der Waals surface area contributed by atoms with Crippen molar-refractivity contribution in [3.63, 3.8) is 0 Å². The minimum atomic E-state index is 0.228. The van der Waals surface area contributed by atoms with E-state index in [1.807, 2.05) is 12.1 Å². The Bertz CT molecular complexity index is 1780. The molecular formula is C33H21N. The fourth-order valence-corrected chi connectivity index (χ4v) is 5.98. The summed E-state index contributed by atoms with van der Waals surface area (Å²) in [5.41, 5.74) is 7.50. The molecule has 34 heavy (non-hydrogen) atoms. The monoisotopic (exact) mass is 431 g/mol. The van der Waals surface area contributed by atoms with E-state index >= 15 is 0 Å². The molecule has 0 fully saturated rings. The number of fused-ring (bicyclic) bond motifs is 10. The van der Waals surface area contributed by atoms with Gasteiger partial charge in [-0.05, 0) is 78.7 Å². The molecule has 0 spiro atoms. The first kappa shape index (κ1) is 19.1. The van der Waals surface area contributed by atoms with Gasteiger partial charge in [-0.25, -0.2) is 0 Å². The molecule has 0 aliphatic heterocycles. The van der Waals surface area contributed by atoms with Crippen LogP contribution in [0.1, 0.15) is 28.2 Å². The fraction of sp³-hybridized carbons (Fsp3) is 0.0606. The molecule has 0 heterocycles. The van der Waals surface area contributed by atoms with Gasteiger partial charge in [-0.1, -0.05) is 97.1 Å². The highest BCUT2D eigenvalue weighted by Gasteiger charge is 2.31. The molecule has 6 aromatic rings. The molecule has 7 rings (SSSR count). The van der Waals surface area contributed by atoms with Crippen molar-refractivity contribution >= 4 is 32.3 Å². The van der Waals surface area contributed by atoms with E-state index in [1.165, 1.54) is 60.1 Å². The van der Waals surface area contributed by atoms with Crippen molar-refractivity contribution in [1.82, 2.24) is 0 Å². The lowest BCUT2D eigenvalue weighted by atomic mass is 9.71. The van der Waals surface area contributed by atoms with Crippen LogP contribution in [0.2, 0.25) is 0 Å². The molecule has 1 aliphatic carbocycles. The van der Waals surface area contributed by atoms with Gasteiger partial charge in [-0.2, -0.15) is 5.26 Å². The second-order valence-electron chi connectivity index (χ2n) is 9.19. The predicted molar refractivity (Wildman–Crippen MR) is 141 cm³/mol. The summed E-state index contributed by atoms with van der Waals surface area (Å²) < 4.78 is 0. The van der Waals surface area contributed by atoms with Crippen LogP contribution in [0, 0.1) is 11.3 Å². The largest absolute Gasteiger partial charge is 0.192 e. The third kappa shape index (κ3) is 2.66. The Hall–Kier alpha value is -4.41. The average molecular weight is 432 g/mol. The molecule has 1 heteroatoms. The minimum absolute atomic E-state index is 0.228. The zero-order chi connectivity index (χ0) is 22.6. The smallest absolute Gasteiger partial charge is 0.0991 e. The second-order valence-corrected chi connectivity index (χ2v) is 9.19. The van der Waals surface area contributed by atoms with Crippen molar-refractivity contribution in [1.29, 1.82) is 5.26 Å². The van der Waals surface area contributed by atoms with Crippen LogP contribution in [0.5, 0.6) is 0 Å². The summed E-state index contributed by atoms with van der Waals surface area (Å²) in [5.74, 6) is 0.228. The summed E-state index contributed by atoms with van der Waals surface area (Å²) in [4.78, 5) is 0. The summed E-state index contributed by atoms with van der Waals surface area (Å²) >= 11 is 0. The van der Waals surface area contributed by atoms with Crippen LogP contribution in [-0.4, -0.2) is 0 Å². The summed E-state index contributed by atoms with van der Waals surface area (Å²) in [5, 5.41) is 17.2. The van der Waals surface area contributed by atoms with Gasteiger partial charge in [-0.15, -0.1) is 0 Å². The molecule has 6 aromatic carbocycles. The molecule has 158 valence electrons. The Kier molecular flexibility index (Phi) is 4.10. The molecule has 1 unspecified atom stereocenters. The van der Waals surface area contributed by atoms with Crippen LogP contribution in [0.3, 0.4) is 0 Å². The van der Waals surface area contributed by atoms with Gasteiger partial charge in [-0.3, -0.25) is 0 Å². The normalized spacial score (nSPS) is 14.6. The summed E-state index contributed by atoms with van der Waals surface area (Å²) in [6.45, 7) is 0. The van der Waals surface area contributed by atoms with E-state index in [9.17, 15) is 5.26 Å². The Morgan fingerprint density at radius 2 is 1.18 bits per heavy atom. The highest BCUT2D eigenvalue weighted by atomic mass is 14.3. The summed E-state index contributed by atoms with van der Waals surface area (Å²) in [6, 6.07) is 41.5. The predicted octanol–water partition coefficient (Wildman–Crippen LogP) is 8.37. The SMILES string of the molecule is N#Cc1ccc(C2Cc3ccc4ccccc4c3-c3c2c2ccccc2c2ccccc32)cc1. The van der Waals surface area contributed by atoms with E-state index in [0.29, 0.717) is 5.56 Å². The van der Waals surface area contributed by atoms with Gasteiger partial charge in [0.15, 0.2) is 0 Å². The van der Waals surface area contributed by atoms with Gasteiger partial charge in [0.05, 0.1) is 11.6 Å². The van der Waals surface area contributed by atoms with Crippen LogP contribution in [0.4, 0.5) is 0 Å². The number of nitrogens with zero attached hydrogens (tertiary/aromatic N) is 1. The Morgan fingerprint density at radius 1 is 0.559 bits per heavy atom. The van der Waals surface area contributed by atoms with E-state index in [0.717, 1.165) is 6.42 Å². The van der Waals surface area contributed by atoms with Gasteiger partial charge in [0, 0.05) is 5.92 Å². The molecular weight excluding hydrogens is 410 g/mol. The van der Waals surface area contributed by atoms with Crippen LogP contribution < -0.4 is 0 Å². The topological polar surface area (TPSA) is 23.8 Å². The average Bonchev–Trinajstić information content (AvgIpc) is 2.92. The zero-order valence-electron chi connectivity index (χ0n) is 18.6. The minimum Gasteiger partial charge on any atom is -0.192 e. The molecule has 0 saturated carbocycles. The lowest BCUT2D eigenvalue weighted by Crippen LogP contribution is -2.14. The first-order valence-electron chi connectivity index (χ1n) is 11.8. The van der Waals surface area contributed by atoms with Gasteiger partial charge >= 0.3 is 0 Å². The van der Waals surface area contributed by atoms with Crippen LogP contribution >= 0.6 is 0 Å². The Labute approximate surface area is 198 Å². The molecule has 0 bridgehead atoms. The third-order valence-corrected chi connectivity index (χ3v) is 7.45. The van der Waals surface area contributed by atoms with Crippen molar-refractivity contribution in [3.8, 4) is 17.2 Å². The fourth-order valence-electron chi connectivity index (χ4n) is 5.98. The number of nitriles is 1. The molecule has 0 saturated heterocycles. The van der Waals surface area contributed by atoms with Gasteiger partial charge in [0.1, 0.15) is 0 Å². The van der Waals surface area contributed by atoms with Crippen LogP contribution in [0.25, 0.3) is 43.4 Å². The number of hydrogen-bond acceptors (Lipinski definition) is 1. The third-order valence-electron chi connectivity index (χ3n) is 7.45. The van der Waals surface area contributed by atoms with E-state index in [1.54, 1.807) is 0 Å². The van der Waals surface area contributed by atoms with E-state index < -0.39 is 0 Å². The quantitative estimate of drug-likeness (QED) is 0.240. The van der Waals surface area contributed by atoms with Crippen LogP contribution in [-0.2, 0) is 6.42 Å². The van der Waals surface area contributed by atoms with E-state index in [2.05, 4.69) is 103 Å². The maximum Gasteiger partial charge on any atom is 0.0991 e. The molecule has 0 amide bonds. The van der Waals surface area contributed by atoms with Crippen molar-refractivity contribution in [2.75, 3.05) is 0 Å². The maximum absolute atomic E-state index is 9.34. The zero-order valence-corrected chi connectivity index (χ0v) is 18.6. The number of rotatable bonds is 1. The van der Waals surface area contributed by atoms with Crippen molar-refractivity contribution in [2.24, 2.45) is 0 Å². The first-order valence-corrected chi connectivity index (χ1v) is 11.8. The molecule has 0 radical (unpaired) electrons. The standard InChI is InChI=1S/C33H21N/c34-20-21-13-15-23(16-14-21)30-19-24-18-17-22-7-1-2-8-25(22)31(24)33-29-12-6-4-10-27(29)26-9-3-5-11-28(26)32(30)33/h1-18,30H,19H2. The Balaban J connectivity index is 1.68. The molecule has 1 atom stereocenters. The highest BCUT2D eigenvalue weighted by molar-refractivity contribution is 6.19. The molecule has 0 aromatic heterocycles. The number of benzene rings is 6. The summed E-state index contributed by atoms with van der Waals surface area (Å²) in [6.07, 6.45) is 0.946. The lowest BCUT2D eigenvalue weighted by molar-refractivity contribution is 0.803. The second kappa shape index (κ2) is 7.30. The van der Waals surface area contributed by atoms with Crippen molar-refractivity contribution < 1.29 is 0 Å². The van der Waals surface area contributed by atoms with Crippen molar-refractivity contribution in [2.45, 2.75) is 12.3 Å². The molecule has 1 nitrogen and oxygen atoms in total. The summed E-state index contributed by atoms with van der Waals surface area (Å²) in [7, 11) is 0. The van der Waals surface area contributed by atoms with E-state index in [-0.39, 0.29) is 5.92 Å². The van der Waals surface area contributed by atoms with Crippen molar-refractivity contribution in [3.05, 3.63) is 131 Å². The lowest BCUT2D eigenvalue weighted by Gasteiger charge is -2.32. The van der Waals surface area contributed by atoms with Gasteiger partial charge in [0.25, 0.3) is 0 Å².